The van der Waals surface area contributed by atoms with Gasteiger partial charge in [-0.15, -0.1) is 0 Å². The van der Waals surface area contributed by atoms with Crippen molar-refractivity contribution in [2.24, 2.45) is 17.8 Å². The summed E-state index contributed by atoms with van der Waals surface area (Å²) in [7, 11) is -2.00. The Morgan fingerprint density at radius 2 is 1.65 bits per heavy atom. The molecule has 4 fully saturated rings. The third-order valence-electron chi connectivity index (χ3n) is 9.06. The molecule has 4 aliphatic rings. The number of ether oxygens (including phenoxy) is 1. The third kappa shape index (κ3) is 5.25. The first-order valence-electron chi connectivity index (χ1n) is 13.6. The van der Waals surface area contributed by atoms with E-state index in [9.17, 15) is 13.2 Å². The molecule has 0 aromatic heterocycles. The molecule has 6 rings (SSSR count). The Bertz CT molecular complexity index is 1220. The molecule has 0 spiro atoms. The predicted octanol–water partition coefficient (Wildman–Crippen LogP) is 5.50. The minimum atomic E-state index is -3.64. The van der Waals surface area contributed by atoms with E-state index in [0.717, 1.165) is 40.9 Å². The van der Waals surface area contributed by atoms with Gasteiger partial charge in [0.1, 0.15) is 12.3 Å². The van der Waals surface area contributed by atoms with Gasteiger partial charge in [0.2, 0.25) is 15.9 Å². The van der Waals surface area contributed by atoms with Crippen molar-refractivity contribution in [3.05, 3.63) is 59.2 Å². The van der Waals surface area contributed by atoms with E-state index in [0.29, 0.717) is 12.1 Å². The van der Waals surface area contributed by atoms with Crippen molar-refractivity contribution in [2.45, 2.75) is 70.3 Å². The zero-order valence-corrected chi connectivity index (χ0v) is 23.3. The molecule has 4 saturated carbocycles. The smallest absolute Gasteiger partial charge is 0.241 e. The van der Waals surface area contributed by atoms with Gasteiger partial charge >= 0.3 is 0 Å². The van der Waals surface area contributed by atoms with Crippen LogP contribution in [0, 0.1) is 24.7 Å². The lowest BCUT2D eigenvalue weighted by Crippen LogP contribution is -2.48. The van der Waals surface area contributed by atoms with E-state index in [1.807, 2.05) is 44.2 Å². The van der Waals surface area contributed by atoms with Crippen LogP contribution in [0.2, 0.25) is 0 Å². The quantitative estimate of drug-likeness (QED) is 0.470. The highest BCUT2D eigenvalue weighted by Gasteiger charge is 2.51. The summed E-state index contributed by atoms with van der Waals surface area (Å²) in [6.07, 6.45) is 9.82. The number of sulfonamides is 1. The summed E-state index contributed by atoms with van der Waals surface area (Å²) < 4.78 is 32.1. The van der Waals surface area contributed by atoms with Crippen molar-refractivity contribution in [3.63, 3.8) is 0 Å². The Balaban J connectivity index is 1.31. The van der Waals surface area contributed by atoms with Crippen LogP contribution in [0.3, 0.4) is 0 Å². The van der Waals surface area contributed by atoms with E-state index in [-0.39, 0.29) is 23.9 Å². The van der Waals surface area contributed by atoms with Crippen LogP contribution >= 0.6 is 0 Å². The van der Waals surface area contributed by atoms with Gasteiger partial charge in [0, 0.05) is 0 Å². The maximum absolute atomic E-state index is 13.1. The lowest BCUT2D eigenvalue weighted by molar-refractivity contribution is -0.120. The predicted molar refractivity (Wildman–Crippen MR) is 147 cm³/mol. The van der Waals surface area contributed by atoms with Crippen molar-refractivity contribution < 1.29 is 17.9 Å². The minimum Gasteiger partial charge on any atom is -0.496 e. The average molecular weight is 525 g/mol. The van der Waals surface area contributed by atoms with Gasteiger partial charge in [-0.25, -0.2) is 8.42 Å². The average Bonchev–Trinajstić information content (AvgIpc) is 2.84. The number of benzene rings is 2. The van der Waals surface area contributed by atoms with Gasteiger partial charge in [0.05, 0.1) is 25.1 Å². The Hall–Kier alpha value is -2.54. The molecule has 0 heterocycles. The van der Waals surface area contributed by atoms with Crippen LogP contribution < -0.4 is 14.4 Å². The molecule has 0 aliphatic heterocycles. The molecule has 4 aliphatic carbocycles. The summed E-state index contributed by atoms with van der Waals surface area (Å²) in [5, 5.41) is 3.03. The largest absolute Gasteiger partial charge is 0.496 e. The molecule has 0 radical (unpaired) electrons. The van der Waals surface area contributed by atoms with Crippen molar-refractivity contribution in [3.8, 4) is 5.75 Å². The van der Waals surface area contributed by atoms with E-state index in [1.165, 1.54) is 48.4 Å². The summed E-state index contributed by atoms with van der Waals surface area (Å²) in [6.45, 7) is 3.72. The number of nitrogens with zero attached hydrogens (tertiary/aromatic N) is 1. The highest BCUT2D eigenvalue weighted by Crippen LogP contribution is 2.60. The van der Waals surface area contributed by atoms with Crippen LogP contribution in [0.5, 0.6) is 5.75 Å². The fourth-order valence-electron chi connectivity index (χ4n) is 7.76. The van der Waals surface area contributed by atoms with Gasteiger partial charge < -0.3 is 10.1 Å². The zero-order valence-electron chi connectivity index (χ0n) is 22.5. The molecule has 7 heteroatoms. The van der Waals surface area contributed by atoms with Crippen LogP contribution in [0.4, 0.5) is 5.69 Å². The first kappa shape index (κ1) is 26.1. The van der Waals surface area contributed by atoms with Crippen molar-refractivity contribution in [2.75, 3.05) is 24.2 Å². The van der Waals surface area contributed by atoms with Crippen LogP contribution in [-0.2, 0) is 20.2 Å². The Labute approximate surface area is 221 Å². The molecule has 0 unspecified atom stereocenters. The number of carbonyl (C=O) groups excluding carboxylic acids is 1. The topological polar surface area (TPSA) is 75.7 Å². The number of rotatable bonds is 9. The van der Waals surface area contributed by atoms with Crippen molar-refractivity contribution >= 4 is 21.6 Å². The lowest BCUT2D eigenvalue weighted by atomic mass is 9.48. The van der Waals surface area contributed by atoms with Gasteiger partial charge in [-0.1, -0.05) is 31.2 Å². The number of hydrogen-bond acceptors (Lipinski definition) is 4. The van der Waals surface area contributed by atoms with Crippen molar-refractivity contribution in [1.29, 1.82) is 0 Å². The first-order valence-corrected chi connectivity index (χ1v) is 15.5. The summed E-state index contributed by atoms with van der Waals surface area (Å²) in [4.78, 5) is 13.1. The molecule has 1 N–H and O–H groups in total. The Morgan fingerprint density at radius 3 is 2.14 bits per heavy atom. The molecule has 1 atom stereocenters. The number of methoxy groups -OCH3 is 1. The molecule has 37 heavy (non-hydrogen) atoms. The maximum Gasteiger partial charge on any atom is 0.241 e. The number of carbonyl (C=O) groups is 1. The molecule has 2 aromatic rings. The normalized spacial score (nSPS) is 27.1. The van der Waals surface area contributed by atoms with E-state index in [4.69, 9.17) is 4.74 Å². The number of nitrogens with one attached hydrogen (secondary N) is 1. The van der Waals surface area contributed by atoms with E-state index in [1.54, 1.807) is 7.11 Å². The molecule has 2 aromatic carbocycles. The fraction of sp³-hybridized carbons (Fsp3) is 0.567. The SMILES string of the molecule is CC[C@H](NC(=O)CN(c1ccc(C23CC4CC(CC(C4)C2)C3)cc1)S(C)(=O)=O)c1ccc(OC)c(C)c1. The number of hydrogen-bond donors (Lipinski definition) is 1. The second kappa shape index (κ2) is 9.97. The summed E-state index contributed by atoms with van der Waals surface area (Å²) in [6, 6.07) is 13.7. The molecule has 0 saturated heterocycles. The fourth-order valence-corrected chi connectivity index (χ4v) is 8.61. The lowest BCUT2D eigenvalue weighted by Gasteiger charge is -2.57. The standard InChI is InChI=1S/C30H40N2O4S/c1-5-27(24-6-11-28(36-3)20(2)12-24)31-29(33)19-32(37(4,34)35)26-9-7-25(8-10-26)30-16-21-13-22(17-30)15-23(14-21)18-30/h6-12,21-23,27H,5,13-19H2,1-4H3,(H,31,33)/t21?,22?,23?,27-,30?/m0/s1. The summed E-state index contributed by atoms with van der Waals surface area (Å²) in [5.41, 5.74) is 4.10. The number of anilines is 1. The highest BCUT2D eigenvalue weighted by atomic mass is 32.2. The van der Waals surface area contributed by atoms with E-state index in [2.05, 4.69) is 17.4 Å². The van der Waals surface area contributed by atoms with Crippen LogP contribution in [-0.4, -0.2) is 34.2 Å². The molecular formula is C30H40N2O4S. The monoisotopic (exact) mass is 524 g/mol. The minimum absolute atomic E-state index is 0.211. The maximum atomic E-state index is 13.1. The van der Waals surface area contributed by atoms with Crippen LogP contribution in [0.1, 0.15) is 74.6 Å². The molecule has 200 valence electrons. The second-order valence-corrected chi connectivity index (χ2v) is 13.7. The van der Waals surface area contributed by atoms with Crippen LogP contribution in [0.25, 0.3) is 0 Å². The molecular weight excluding hydrogens is 484 g/mol. The second-order valence-electron chi connectivity index (χ2n) is 11.8. The number of amides is 1. The van der Waals surface area contributed by atoms with Gasteiger partial charge in [0.25, 0.3) is 0 Å². The van der Waals surface area contributed by atoms with Gasteiger partial charge in [-0.3, -0.25) is 9.10 Å². The van der Waals surface area contributed by atoms with Crippen LogP contribution in [0.15, 0.2) is 42.5 Å². The van der Waals surface area contributed by atoms with E-state index >= 15 is 0 Å². The van der Waals surface area contributed by atoms with Gasteiger partial charge in [-0.05, 0) is 110 Å². The van der Waals surface area contributed by atoms with Gasteiger partial charge in [0.15, 0.2) is 0 Å². The molecule has 1 amide bonds. The Morgan fingerprint density at radius 1 is 1.05 bits per heavy atom. The Kier molecular flexibility index (Phi) is 7.03. The molecule has 4 bridgehead atoms. The number of aryl methyl sites for hydroxylation is 1. The first-order chi connectivity index (χ1) is 17.6. The molecule has 6 nitrogen and oxygen atoms in total. The summed E-state index contributed by atoms with van der Waals surface area (Å²) >= 11 is 0. The third-order valence-corrected chi connectivity index (χ3v) is 10.2. The highest BCUT2D eigenvalue weighted by molar-refractivity contribution is 7.92. The summed E-state index contributed by atoms with van der Waals surface area (Å²) in [5.74, 6) is 3.02. The zero-order chi connectivity index (χ0) is 26.4. The van der Waals surface area contributed by atoms with Gasteiger partial charge in [-0.2, -0.15) is 0 Å². The van der Waals surface area contributed by atoms with E-state index < -0.39 is 10.0 Å². The van der Waals surface area contributed by atoms with Crippen molar-refractivity contribution in [1.82, 2.24) is 5.32 Å².